The molecule has 1 heterocycles. The zero-order valence-electron chi connectivity index (χ0n) is 19.3. The van der Waals surface area contributed by atoms with Crippen LogP contribution in [0.4, 0.5) is 0 Å². The Hall–Kier alpha value is -4.01. The molecular weight excluding hydrogens is 482 g/mol. The van der Waals surface area contributed by atoms with Crippen molar-refractivity contribution in [3.63, 3.8) is 0 Å². The fourth-order valence-corrected chi connectivity index (χ4v) is 3.49. The summed E-state index contributed by atoms with van der Waals surface area (Å²) < 4.78 is 0. The van der Waals surface area contributed by atoms with Crippen LogP contribution in [0, 0.1) is 0 Å². The number of aldehydes is 4. The summed E-state index contributed by atoms with van der Waals surface area (Å²) in [6.07, 6.45) is 0.0553. The fraction of sp³-hybridized carbons (Fsp3) is 0.571. The average molecular weight is 511 g/mol. The van der Waals surface area contributed by atoms with E-state index in [0.717, 1.165) is 4.90 Å². The molecule has 198 valence electrons. The number of rotatable bonds is 16. The van der Waals surface area contributed by atoms with E-state index in [0.29, 0.717) is 31.6 Å². The van der Waals surface area contributed by atoms with Gasteiger partial charge in [0, 0.05) is 32.2 Å². The maximum Gasteiger partial charge on any atom is 0.326 e. The van der Waals surface area contributed by atoms with E-state index >= 15 is 0 Å². The fourth-order valence-electron chi connectivity index (χ4n) is 3.49. The highest BCUT2D eigenvalue weighted by atomic mass is 16.4. The van der Waals surface area contributed by atoms with Crippen LogP contribution in [0.2, 0.25) is 0 Å². The van der Waals surface area contributed by atoms with Gasteiger partial charge < -0.3 is 50.9 Å². The summed E-state index contributed by atoms with van der Waals surface area (Å²) in [6.45, 7) is 0.106. The number of likely N-dealkylation sites (tertiary alicyclic amines) is 1. The maximum atomic E-state index is 12.8. The number of amides is 4. The second-order valence-corrected chi connectivity index (χ2v) is 7.93. The minimum Gasteiger partial charge on any atom is -0.480 e. The minimum absolute atomic E-state index is 0.106. The summed E-state index contributed by atoms with van der Waals surface area (Å²) in [4.78, 5) is 106. The van der Waals surface area contributed by atoms with E-state index in [2.05, 4.69) is 16.0 Å². The first-order valence-corrected chi connectivity index (χ1v) is 11.1. The smallest absolute Gasteiger partial charge is 0.326 e. The van der Waals surface area contributed by atoms with Gasteiger partial charge in [0.05, 0.1) is 6.04 Å². The van der Waals surface area contributed by atoms with Crippen LogP contribution in [0.5, 0.6) is 0 Å². The van der Waals surface area contributed by atoms with Crippen molar-refractivity contribution in [2.45, 2.75) is 68.7 Å². The summed E-state index contributed by atoms with van der Waals surface area (Å²) in [5.74, 6) is -5.02. The third-order valence-corrected chi connectivity index (χ3v) is 5.38. The number of aliphatic carboxylic acids is 1. The van der Waals surface area contributed by atoms with E-state index in [1.807, 2.05) is 0 Å². The molecule has 4 amide bonds. The van der Waals surface area contributed by atoms with Gasteiger partial charge in [-0.25, -0.2) is 4.79 Å². The zero-order valence-corrected chi connectivity index (χ0v) is 19.3. The van der Waals surface area contributed by atoms with Gasteiger partial charge in [-0.1, -0.05) is 0 Å². The largest absolute Gasteiger partial charge is 0.480 e. The summed E-state index contributed by atoms with van der Waals surface area (Å²) >= 11 is 0. The van der Waals surface area contributed by atoms with E-state index < -0.39 is 79.1 Å². The highest BCUT2D eigenvalue weighted by molar-refractivity contribution is 5.97. The van der Waals surface area contributed by atoms with Gasteiger partial charge >= 0.3 is 5.97 Å². The summed E-state index contributed by atoms with van der Waals surface area (Å²) in [6, 6.07) is -6.89. The Bertz CT molecular complexity index is 879. The third-order valence-electron chi connectivity index (χ3n) is 5.38. The Labute approximate surface area is 205 Å². The number of nitrogens with one attached hydrogen (secondary N) is 3. The van der Waals surface area contributed by atoms with Crippen LogP contribution in [0.25, 0.3) is 0 Å². The van der Waals surface area contributed by atoms with E-state index in [9.17, 15) is 48.3 Å². The molecular formula is C21H29N5O10. The molecule has 0 spiro atoms. The third kappa shape index (κ3) is 8.65. The molecule has 0 aromatic carbocycles. The average Bonchev–Trinajstić information content (AvgIpc) is 3.33. The first kappa shape index (κ1) is 30.0. The molecule has 5 atom stereocenters. The quantitative estimate of drug-likeness (QED) is 0.126. The standard InChI is InChI=1S/C21H29N5O10/c22-12(3-8-27)17(31)23-13(4-9-28)18(32)24-14(5-10-29)19(33)25-15(6-11-30)20(34)26-7-1-2-16(26)21(35)36/h8-16H,1-7,22H2,(H,23,31)(H,24,32)(H,25,33)(H,35,36)/t12-,13+,14-,15-,16+/m1/s1. The Kier molecular flexibility index (Phi) is 12.6. The molecule has 1 saturated heterocycles. The summed E-state index contributed by atoms with van der Waals surface area (Å²) in [5.41, 5.74) is 5.49. The molecule has 15 heteroatoms. The predicted octanol–water partition coefficient (Wildman–Crippen LogP) is -3.80. The summed E-state index contributed by atoms with van der Waals surface area (Å²) in [7, 11) is 0. The second kappa shape index (κ2) is 15.1. The normalized spacial score (nSPS) is 18.0. The highest BCUT2D eigenvalue weighted by Crippen LogP contribution is 2.19. The van der Waals surface area contributed by atoms with Crippen molar-refractivity contribution in [1.82, 2.24) is 20.9 Å². The van der Waals surface area contributed by atoms with Gasteiger partial charge in [0.25, 0.3) is 0 Å². The lowest BCUT2D eigenvalue weighted by Gasteiger charge is -2.28. The minimum atomic E-state index is -1.56. The van der Waals surface area contributed by atoms with Crippen molar-refractivity contribution >= 4 is 54.7 Å². The predicted molar refractivity (Wildman–Crippen MR) is 119 cm³/mol. The van der Waals surface area contributed by atoms with Crippen LogP contribution in [0.1, 0.15) is 38.5 Å². The van der Waals surface area contributed by atoms with Gasteiger partial charge in [-0.3, -0.25) is 19.2 Å². The lowest BCUT2D eigenvalue weighted by molar-refractivity contribution is -0.149. The van der Waals surface area contributed by atoms with Gasteiger partial charge in [-0.05, 0) is 12.8 Å². The van der Waals surface area contributed by atoms with Crippen LogP contribution in [-0.4, -0.2) is 102 Å². The zero-order chi connectivity index (χ0) is 27.3. The van der Waals surface area contributed by atoms with Crippen LogP contribution in [0.3, 0.4) is 0 Å². The van der Waals surface area contributed by atoms with Gasteiger partial charge in [-0.2, -0.15) is 0 Å². The van der Waals surface area contributed by atoms with E-state index in [4.69, 9.17) is 5.73 Å². The van der Waals surface area contributed by atoms with Gasteiger partial charge in [-0.15, -0.1) is 0 Å². The Morgan fingerprint density at radius 3 is 1.69 bits per heavy atom. The van der Waals surface area contributed by atoms with Crippen molar-refractivity contribution in [2.24, 2.45) is 5.73 Å². The van der Waals surface area contributed by atoms with Crippen LogP contribution in [-0.2, 0) is 43.2 Å². The molecule has 0 bridgehead atoms. The number of nitrogens with zero attached hydrogens (tertiary/aromatic N) is 1. The van der Waals surface area contributed by atoms with Crippen molar-refractivity contribution in [2.75, 3.05) is 6.54 Å². The molecule has 1 aliphatic rings. The number of carbonyl (C=O) groups is 9. The monoisotopic (exact) mass is 511 g/mol. The van der Waals surface area contributed by atoms with Crippen molar-refractivity contribution in [1.29, 1.82) is 0 Å². The Morgan fingerprint density at radius 2 is 1.22 bits per heavy atom. The molecule has 36 heavy (non-hydrogen) atoms. The summed E-state index contributed by atoms with van der Waals surface area (Å²) in [5, 5.41) is 15.9. The number of carbonyl (C=O) groups excluding carboxylic acids is 8. The van der Waals surface area contributed by atoms with Gasteiger partial charge in [0.15, 0.2) is 0 Å². The van der Waals surface area contributed by atoms with Crippen LogP contribution in [0.15, 0.2) is 0 Å². The molecule has 0 aliphatic carbocycles. The molecule has 15 nitrogen and oxygen atoms in total. The SMILES string of the molecule is N[C@H](CC=O)C(=O)N[C@@H](CC=O)C(=O)N[C@H](CC=O)C(=O)N[C@H](CC=O)C(=O)N1CCC[C@H]1C(=O)O. The molecule has 0 aromatic rings. The second-order valence-electron chi connectivity index (χ2n) is 7.93. The lowest BCUT2D eigenvalue weighted by Crippen LogP contribution is -2.58. The van der Waals surface area contributed by atoms with Crippen LogP contribution >= 0.6 is 0 Å². The molecule has 1 aliphatic heterocycles. The Morgan fingerprint density at radius 1 is 0.778 bits per heavy atom. The van der Waals surface area contributed by atoms with Gasteiger partial charge in [0.2, 0.25) is 23.6 Å². The first-order chi connectivity index (χ1) is 17.1. The number of nitrogens with two attached hydrogens (primary N) is 1. The lowest BCUT2D eigenvalue weighted by atomic mass is 10.1. The molecule has 0 unspecified atom stereocenters. The Balaban J connectivity index is 2.97. The number of carboxylic acid groups (broad SMARTS) is 1. The molecule has 0 aromatic heterocycles. The van der Waals surface area contributed by atoms with Crippen molar-refractivity contribution in [3.05, 3.63) is 0 Å². The molecule has 1 fully saturated rings. The molecule has 6 N–H and O–H groups in total. The van der Waals surface area contributed by atoms with Crippen LogP contribution < -0.4 is 21.7 Å². The topological polar surface area (TPSA) is 239 Å². The van der Waals surface area contributed by atoms with Crippen molar-refractivity contribution in [3.8, 4) is 0 Å². The van der Waals surface area contributed by atoms with Gasteiger partial charge in [0.1, 0.15) is 49.3 Å². The molecule has 0 radical (unpaired) electrons. The van der Waals surface area contributed by atoms with E-state index in [1.165, 1.54) is 0 Å². The molecule has 1 rings (SSSR count). The number of hydrogen-bond donors (Lipinski definition) is 5. The maximum absolute atomic E-state index is 12.8. The van der Waals surface area contributed by atoms with E-state index in [-0.39, 0.29) is 19.4 Å². The first-order valence-electron chi connectivity index (χ1n) is 11.1. The number of carboxylic acids is 1. The van der Waals surface area contributed by atoms with Crippen molar-refractivity contribution < 1.29 is 48.3 Å². The highest BCUT2D eigenvalue weighted by Gasteiger charge is 2.38. The number of hydrogen-bond acceptors (Lipinski definition) is 10. The van der Waals surface area contributed by atoms with E-state index in [1.54, 1.807) is 0 Å². The molecule has 0 saturated carbocycles.